The van der Waals surface area contributed by atoms with Crippen LogP contribution in [-0.4, -0.2) is 32.0 Å². The Labute approximate surface area is 173 Å². The van der Waals surface area contributed by atoms with Crippen LogP contribution in [0.5, 0.6) is 0 Å². The smallest absolute Gasteiger partial charge is 0.273 e. The average Bonchev–Trinajstić information content (AvgIpc) is 3.34. The Bertz CT molecular complexity index is 1100. The molecule has 2 heterocycles. The first kappa shape index (κ1) is 18.5. The third kappa shape index (κ3) is 2.98. The maximum atomic E-state index is 13.5. The fourth-order valence-electron chi connectivity index (χ4n) is 4.85. The summed E-state index contributed by atoms with van der Waals surface area (Å²) in [5.41, 5.74) is 3.74. The van der Waals surface area contributed by atoms with Gasteiger partial charge in [-0.25, -0.2) is 0 Å². The molecule has 1 saturated carbocycles. The van der Waals surface area contributed by atoms with Crippen LogP contribution in [0.2, 0.25) is 0 Å². The van der Waals surface area contributed by atoms with E-state index in [4.69, 9.17) is 0 Å². The van der Waals surface area contributed by atoms with Crippen LogP contribution in [0.1, 0.15) is 59.8 Å². The van der Waals surface area contributed by atoms with E-state index < -0.39 is 0 Å². The van der Waals surface area contributed by atoms with Gasteiger partial charge >= 0.3 is 0 Å². The summed E-state index contributed by atoms with van der Waals surface area (Å²) in [5, 5.41) is 18.8. The molecule has 1 aromatic heterocycles. The third-order valence-corrected chi connectivity index (χ3v) is 6.22. The van der Waals surface area contributed by atoms with Crippen LogP contribution in [0, 0.1) is 10.1 Å². The summed E-state index contributed by atoms with van der Waals surface area (Å²) in [5.74, 6) is -0.0666. The van der Waals surface area contributed by atoms with E-state index in [1.807, 2.05) is 41.3 Å². The number of amides is 1. The summed E-state index contributed by atoms with van der Waals surface area (Å²) in [7, 11) is 0. The molecule has 1 N–H and O–H groups in total. The number of aromatic nitrogens is 2. The predicted octanol–water partition coefficient (Wildman–Crippen LogP) is 4.86. The van der Waals surface area contributed by atoms with Crippen LogP contribution in [0.25, 0.3) is 11.3 Å². The third-order valence-electron chi connectivity index (χ3n) is 6.22. The van der Waals surface area contributed by atoms with E-state index in [-0.39, 0.29) is 28.6 Å². The van der Waals surface area contributed by atoms with Crippen molar-refractivity contribution < 1.29 is 9.72 Å². The largest absolute Gasteiger partial charge is 0.323 e. The number of H-pyrrole nitrogens is 1. The molecule has 5 rings (SSSR count). The van der Waals surface area contributed by atoms with Crippen LogP contribution in [0.15, 0.2) is 54.6 Å². The highest BCUT2D eigenvalue weighted by Crippen LogP contribution is 2.46. The number of hydrogen-bond donors (Lipinski definition) is 1. The average molecular weight is 402 g/mol. The standard InChI is InChI=1S/C23H22N4O3/c28-23-21-19(20(24-25-21)15-8-3-1-4-9-15)22(26(23)17-11-5-2-6-12-17)16-10-7-13-18(14-16)27(29)30/h1,3-4,7-10,13-14,17,22H,2,5-6,11-12H2,(H,24,25). The lowest BCUT2D eigenvalue weighted by Gasteiger charge is -2.36. The van der Waals surface area contributed by atoms with E-state index in [9.17, 15) is 14.9 Å². The van der Waals surface area contributed by atoms with Gasteiger partial charge in [0, 0.05) is 29.3 Å². The van der Waals surface area contributed by atoms with Crippen LogP contribution < -0.4 is 0 Å². The molecule has 1 atom stereocenters. The van der Waals surface area contributed by atoms with Crippen molar-refractivity contribution >= 4 is 11.6 Å². The molecule has 1 aliphatic carbocycles. The van der Waals surface area contributed by atoms with Crippen molar-refractivity contribution in [2.45, 2.75) is 44.2 Å². The molecule has 0 bridgehead atoms. The van der Waals surface area contributed by atoms with E-state index in [1.165, 1.54) is 12.5 Å². The van der Waals surface area contributed by atoms with E-state index in [1.54, 1.807) is 12.1 Å². The summed E-state index contributed by atoms with van der Waals surface area (Å²) >= 11 is 0. The van der Waals surface area contributed by atoms with Crippen LogP contribution in [0.3, 0.4) is 0 Å². The molecule has 1 amide bonds. The van der Waals surface area contributed by atoms with Gasteiger partial charge in [-0.2, -0.15) is 5.10 Å². The Morgan fingerprint density at radius 3 is 2.53 bits per heavy atom. The highest BCUT2D eigenvalue weighted by Gasteiger charge is 2.45. The minimum atomic E-state index is -0.389. The number of rotatable bonds is 4. The van der Waals surface area contributed by atoms with Crippen molar-refractivity contribution in [3.8, 4) is 11.3 Å². The summed E-state index contributed by atoms with van der Waals surface area (Å²) < 4.78 is 0. The molecule has 0 radical (unpaired) electrons. The first-order valence-corrected chi connectivity index (χ1v) is 10.4. The minimum absolute atomic E-state index is 0.0294. The van der Waals surface area contributed by atoms with Gasteiger partial charge in [-0.1, -0.05) is 61.7 Å². The minimum Gasteiger partial charge on any atom is -0.323 e. The summed E-state index contributed by atoms with van der Waals surface area (Å²) in [6.45, 7) is 0. The molecule has 1 fully saturated rings. The lowest BCUT2D eigenvalue weighted by atomic mass is 9.91. The summed E-state index contributed by atoms with van der Waals surface area (Å²) in [6.07, 6.45) is 5.27. The van der Waals surface area contributed by atoms with Crippen molar-refractivity contribution in [2.24, 2.45) is 0 Å². The molecule has 0 spiro atoms. The Morgan fingerprint density at radius 2 is 1.80 bits per heavy atom. The second kappa shape index (κ2) is 7.40. The van der Waals surface area contributed by atoms with Crippen molar-refractivity contribution in [3.63, 3.8) is 0 Å². The number of non-ortho nitro benzene ring substituents is 1. The van der Waals surface area contributed by atoms with Gasteiger partial charge in [0.1, 0.15) is 5.69 Å². The van der Waals surface area contributed by atoms with Gasteiger partial charge in [-0.15, -0.1) is 0 Å². The number of nitro groups is 1. The summed E-state index contributed by atoms with van der Waals surface area (Å²) in [6, 6.07) is 16.1. The molecule has 1 aliphatic heterocycles. The Balaban J connectivity index is 1.68. The van der Waals surface area contributed by atoms with Crippen molar-refractivity contribution in [2.75, 3.05) is 0 Å². The zero-order valence-corrected chi connectivity index (χ0v) is 16.5. The van der Waals surface area contributed by atoms with Crippen molar-refractivity contribution in [3.05, 3.63) is 81.5 Å². The number of hydrogen-bond acceptors (Lipinski definition) is 4. The van der Waals surface area contributed by atoms with Gasteiger partial charge < -0.3 is 4.90 Å². The molecule has 1 unspecified atom stereocenters. The number of fused-ring (bicyclic) bond motifs is 1. The van der Waals surface area contributed by atoms with Crippen LogP contribution >= 0.6 is 0 Å². The van der Waals surface area contributed by atoms with Crippen molar-refractivity contribution in [1.29, 1.82) is 0 Å². The van der Waals surface area contributed by atoms with Crippen LogP contribution in [0.4, 0.5) is 5.69 Å². The summed E-state index contributed by atoms with van der Waals surface area (Å²) in [4.78, 5) is 26.4. The van der Waals surface area contributed by atoms with Gasteiger partial charge in [0.2, 0.25) is 0 Å². The Hall–Kier alpha value is -3.48. The van der Waals surface area contributed by atoms with Crippen molar-refractivity contribution in [1.82, 2.24) is 15.1 Å². The van der Waals surface area contributed by atoms with E-state index in [2.05, 4.69) is 10.2 Å². The molecule has 7 nitrogen and oxygen atoms in total. The molecule has 152 valence electrons. The maximum Gasteiger partial charge on any atom is 0.273 e. The fraction of sp³-hybridized carbons (Fsp3) is 0.304. The monoisotopic (exact) mass is 402 g/mol. The highest BCUT2D eigenvalue weighted by atomic mass is 16.6. The zero-order valence-electron chi connectivity index (χ0n) is 16.5. The number of benzene rings is 2. The Kier molecular flexibility index (Phi) is 4.58. The number of nitro benzene ring substituents is 1. The quantitative estimate of drug-likeness (QED) is 0.498. The zero-order chi connectivity index (χ0) is 20.7. The molecule has 30 heavy (non-hydrogen) atoms. The molecular weight excluding hydrogens is 380 g/mol. The topological polar surface area (TPSA) is 92.1 Å². The number of nitrogens with zero attached hydrogens (tertiary/aromatic N) is 3. The SMILES string of the molecule is O=C1c2[nH]nc(-c3ccccc3)c2C(c2cccc([N+](=O)[O-])c2)N1C1CCCCC1. The Morgan fingerprint density at radius 1 is 1.03 bits per heavy atom. The lowest BCUT2D eigenvalue weighted by molar-refractivity contribution is -0.384. The molecule has 7 heteroatoms. The fourth-order valence-corrected chi connectivity index (χ4v) is 4.85. The van der Waals surface area contributed by atoms with Gasteiger partial charge in [-0.05, 0) is 18.4 Å². The number of carbonyl (C=O) groups excluding carboxylic acids is 1. The predicted molar refractivity (Wildman–Crippen MR) is 112 cm³/mol. The molecule has 3 aromatic rings. The number of carbonyl (C=O) groups is 1. The van der Waals surface area contributed by atoms with Gasteiger partial charge in [0.15, 0.2) is 0 Å². The molecular formula is C23H22N4O3. The van der Waals surface area contributed by atoms with E-state index in [0.29, 0.717) is 5.69 Å². The normalized spacial score (nSPS) is 19.1. The maximum absolute atomic E-state index is 13.5. The first-order valence-electron chi connectivity index (χ1n) is 10.4. The number of aromatic amines is 1. The van der Waals surface area contributed by atoms with Gasteiger partial charge in [-0.3, -0.25) is 20.0 Å². The highest BCUT2D eigenvalue weighted by molar-refractivity contribution is 6.00. The number of nitrogens with one attached hydrogen (secondary N) is 1. The van der Waals surface area contributed by atoms with Gasteiger partial charge in [0.05, 0.1) is 16.7 Å². The molecule has 0 saturated heterocycles. The van der Waals surface area contributed by atoms with E-state index in [0.717, 1.165) is 48.1 Å². The second-order valence-electron chi connectivity index (χ2n) is 7.99. The second-order valence-corrected chi connectivity index (χ2v) is 7.99. The van der Waals surface area contributed by atoms with E-state index >= 15 is 0 Å². The first-order chi connectivity index (χ1) is 14.6. The van der Waals surface area contributed by atoms with Crippen LogP contribution in [-0.2, 0) is 0 Å². The molecule has 2 aliphatic rings. The lowest BCUT2D eigenvalue weighted by Crippen LogP contribution is -2.40. The molecule has 2 aromatic carbocycles. The van der Waals surface area contributed by atoms with Gasteiger partial charge in [0.25, 0.3) is 11.6 Å².